The van der Waals surface area contributed by atoms with Gasteiger partial charge in [-0.05, 0) is 31.2 Å². The number of hydrogen-bond acceptors (Lipinski definition) is 4. The van der Waals surface area contributed by atoms with Crippen LogP contribution in [0.2, 0.25) is 5.02 Å². The van der Waals surface area contributed by atoms with Crippen LogP contribution < -0.4 is 5.32 Å². The normalized spacial score (nSPS) is 12.4. The first-order chi connectivity index (χ1) is 10.0. The van der Waals surface area contributed by atoms with Crippen molar-refractivity contribution in [2.45, 2.75) is 12.5 Å². The number of likely N-dealkylation sites (N-methyl/N-ethyl adjacent to an activating group) is 1. The van der Waals surface area contributed by atoms with Crippen LogP contribution in [0.5, 0.6) is 0 Å². The van der Waals surface area contributed by atoms with E-state index in [0.717, 1.165) is 12.0 Å². The third kappa shape index (κ3) is 8.02. The molecule has 0 aliphatic heterocycles. The van der Waals surface area contributed by atoms with Crippen molar-refractivity contribution in [3.05, 3.63) is 34.9 Å². The maximum atomic E-state index is 11.8. The van der Waals surface area contributed by atoms with Gasteiger partial charge in [-0.15, -0.1) is 0 Å². The second-order valence-electron chi connectivity index (χ2n) is 5.04. The maximum absolute atomic E-state index is 11.8. The largest absolute Gasteiger partial charge is 0.389 e. The summed E-state index contributed by atoms with van der Waals surface area (Å²) in [7, 11) is 3.32. The van der Waals surface area contributed by atoms with Gasteiger partial charge in [0, 0.05) is 25.2 Å². The van der Waals surface area contributed by atoms with Gasteiger partial charge in [-0.2, -0.15) is 0 Å². The first kappa shape index (κ1) is 17.9. The number of aliphatic hydroxyl groups excluding tert-OH is 1. The first-order valence-electron chi connectivity index (χ1n) is 6.88. The van der Waals surface area contributed by atoms with Crippen LogP contribution in [0.4, 0.5) is 0 Å². The highest BCUT2D eigenvalue weighted by Crippen LogP contribution is 2.10. The number of halogens is 1. The molecule has 6 heteroatoms. The second-order valence-corrected chi connectivity index (χ2v) is 5.47. The molecule has 0 heterocycles. The molecule has 1 aromatic rings. The molecule has 21 heavy (non-hydrogen) atoms. The van der Waals surface area contributed by atoms with Crippen molar-refractivity contribution in [2.75, 3.05) is 40.4 Å². The predicted molar refractivity (Wildman–Crippen MR) is 83.5 cm³/mol. The van der Waals surface area contributed by atoms with Gasteiger partial charge in [-0.25, -0.2) is 0 Å². The topological polar surface area (TPSA) is 61.8 Å². The van der Waals surface area contributed by atoms with Gasteiger partial charge in [-0.3, -0.25) is 9.69 Å². The summed E-state index contributed by atoms with van der Waals surface area (Å²) in [5.74, 6) is -0.0656. The van der Waals surface area contributed by atoms with Crippen LogP contribution in [0, 0.1) is 0 Å². The molecule has 1 amide bonds. The zero-order valence-corrected chi connectivity index (χ0v) is 13.3. The number of amides is 1. The van der Waals surface area contributed by atoms with Crippen molar-refractivity contribution >= 4 is 17.5 Å². The quantitative estimate of drug-likeness (QED) is 0.712. The Hall–Kier alpha value is -1.14. The Morgan fingerprint density at radius 2 is 2.29 bits per heavy atom. The molecule has 1 unspecified atom stereocenters. The molecular weight excluding hydrogens is 292 g/mol. The number of rotatable bonds is 9. The van der Waals surface area contributed by atoms with Crippen molar-refractivity contribution < 1.29 is 14.6 Å². The third-order valence-electron chi connectivity index (χ3n) is 2.92. The molecular formula is C15H23ClN2O3. The highest BCUT2D eigenvalue weighted by molar-refractivity contribution is 6.30. The highest BCUT2D eigenvalue weighted by atomic mass is 35.5. The lowest BCUT2D eigenvalue weighted by atomic mass is 10.1. The van der Waals surface area contributed by atoms with Gasteiger partial charge >= 0.3 is 0 Å². The van der Waals surface area contributed by atoms with Crippen molar-refractivity contribution in [3.63, 3.8) is 0 Å². The average Bonchev–Trinajstić information content (AvgIpc) is 2.38. The monoisotopic (exact) mass is 314 g/mol. The van der Waals surface area contributed by atoms with Gasteiger partial charge in [0.1, 0.15) is 0 Å². The smallest absolute Gasteiger partial charge is 0.234 e. The average molecular weight is 315 g/mol. The number of carbonyl (C=O) groups excluding carboxylic acids is 1. The molecule has 1 atom stereocenters. The molecule has 0 aromatic heterocycles. The molecule has 0 aliphatic rings. The molecule has 0 bridgehead atoms. The fraction of sp³-hybridized carbons (Fsp3) is 0.533. The van der Waals surface area contributed by atoms with Gasteiger partial charge in [-0.1, -0.05) is 23.7 Å². The summed E-state index contributed by atoms with van der Waals surface area (Å²) in [4.78, 5) is 13.5. The lowest BCUT2D eigenvalue weighted by molar-refractivity contribution is -0.122. The van der Waals surface area contributed by atoms with Crippen LogP contribution >= 0.6 is 11.6 Å². The van der Waals surface area contributed by atoms with E-state index in [0.29, 0.717) is 18.1 Å². The van der Waals surface area contributed by atoms with Crippen molar-refractivity contribution in [1.29, 1.82) is 0 Å². The number of methoxy groups -OCH3 is 1. The molecule has 0 radical (unpaired) electrons. The molecule has 0 aliphatic carbocycles. The van der Waals surface area contributed by atoms with E-state index in [1.807, 2.05) is 24.3 Å². The van der Waals surface area contributed by atoms with Crippen LogP contribution in [0.25, 0.3) is 0 Å². The number of ether oxygens (including phenoxy) is 1. The predicted octanol–water partition coefficient (Wildman–Crippen LogP) is 0.938. The van der Waals surface area contributed by atoms with E-state index in [1.165, 1.54) is 7.11 Å². The molecule has 0 fully saturated rings. The van der Waals surface area contributed by atoms with E-state index in [-0.39, 0.29) is 19.1 Å². The number of aliphatic hydroxyl groups is 1. The minimum absolute atomic E-state index is 0.0656. The second kappa shape index (κ2) is 9.73. The van der Waals surface area contributed by atoms with Crippen LogP contribution in [-0.4, -0.2) is 62.4 Å². The Morgan fingerprint density at radius 3 is 2.95 bits per heavy atom. The van der Waals surface area contributed by atoms with Gasteiger partial charge in [0.05, 0.1) is 19.3 Å². The van der Waals surface area contributed by atoms with Gasteiger partial charge in [0.25, 0.3) is 0 Å². The molecule has 0 saturated carbocycles. The Labute approximate surface area is 130 Å². The van der Waals surface area contributed by atoms with Crippen molar-refractivity contribution in [1.82, 2.24) is 10.2 Å². The fourth-order valence-electron chi connectivity index (χ4n) is 2.01. The summed E-state index contributed by atoms with van der Waals surface area (Å²) in [6.45, 7) is 1.47. The van der Waals surface area contributed by atoms with Crippen LogP contribution in [0.15, 0.2) is 24.3 Å². The number of hydrogen-bond donors (Lipinski definition) is 2. The fourth-order valence-corrected chi connectivity index (χ4v) is 2.22. The summed E-state index contributed by atoms with van der Waals surface area (Å²) in [5.41, 5.74) is 1.09. The maximum Gasteiger partial charge on any atom is 0.234 e. The standard InChI is InChI=1S/C15H23ClN2O3/c1-18(9-14(19)11-21-2)10-15(20)17-7-6-12-4-3-5-13(16)8-12/h3-5,8,14,19H,6-7,9-11H2,1-2H3,(H,17,20). The number of nitrogens with zero attached hydrogens (tertiary/aromatic N) is 1. The molecule has 5 nitrogen and oxygen atoms in total. The number of nitrogens with one attached hydrogen (secondary N) is 1. The van der Waals surface area contributed by atoms with Gasteiger partial charge in [0.15, 0.2) is 0 Å². The SMILES string of the molecule is COCC(O)CN(C)CC(=O)NCCc1cccc(Cl)c1. The summed E-state index contributed by atoms with van der Waals surface area (Å²) in [6, 6.07) is 7.58. The van der Waals surface area contributed by atoms with E-state index in [1.54, 1.807) is 11.9 Å². The van der Waals surface area contributed by atoms with Crippen molar-refractivity contribution in [2.24, 2.45) is 0 Å². The van der Waals surface area contributed by atoms with E-state index >= 15 is 0 Å². The van der Waals surface area contributed by atoms with E-state index < -0.39 is 6.10 Å². The zero-order valence-electron chi connectivity index (χ0n) is 12.5. The molecule has 0 saturated heterocycles. The minimum Gasteiger partial charge on any atom is -0.389 e. The summed E-state index contributed by atoms with van der Waals surface area (Å²) in [5, 5.41) is 13.1. The van der Waals surface area contributed by atoms with E-state index in [2.05, 4.69) is 5.32 Å². The summed E-state index contributed by atoms with van der Waals surface area (Å²) < 4.78 is 4.85. The Kier molecular flexibility index (Phi) is 8.30. The van der Waals surface area contributed by atoms with Gasteiger partial charge in [0.2, 0.25) is 5.91 Å². The minimum atomic E-state index is -0.584. The first-order valence-corrected chi connectivity index (χ1v) is 7.25. The number of benzene rings is 1. The van der Waals surface area contributed by atoms with Crippen LogP contribution in [-0.2, 0) is 16.0 Å². The molecule has 1 aromatic carbocycles. The lowest BCUT2D eigenvalue weighted by Crippen LogP contribution is -2.40. The van der Waals surface area contributed by atoms with Crippen LogP contribution in [0.3, 0.4) is 0 Å². The lowest BCUT2D eigenvalue weighted by Gasteiger charge is -2.19. The molecule has 2 N–H and O–H groups in total. The summed E-state index contributed by atoms with van der Waals surface area (Å²) >= 11 is 5.90. The van der Waals surface area contributed by atoms with Crippen molar-refractivity contribution in [3.8, 4) is 0 Å². The zero-order chi connectivity index (χ0) is 15.7. The highest BCUT2D eigenvalue weighted by Gasteiger charge is 2.11. The molecule has 118 valence electrons. The molecule has 0 spiro atoms. The molecule has 1 rings (SSSR count). The summed E-state index contributed by atoms with van der Waals surface area (Å²) in [6.07, 6.45) is 0.154. The Balaban J connectivity index is 2.21. The Morgan fingerprint density at radius 1 is 1.52 bits per heavy atom. The third-order valence-corrected chi connectivity index (χ3v) is 3.15. The van der Waals surface area contributed by atoms with E-state index in [9.17, 15) is 9.90 Å². The number of carbonyl (C=O) groups is 1. The van der Waals surface area contributed by atoms with Crippen LogP contribution in [0.1, 0.15) is 5.56 Å². The Bertz CT molecular complexity index is 443. The van der Waals surface area contributed by atoms with Gasteiger partial charge < -0.3 is 15.2 Å². The van der Waals surface area contributed by atoms with E-state index in [4.69, 9.17) is 16.3 Å².